The van der Waals surface area contributed by atoms with Crippen LogP contribution in [0.3, 0.4) is 0 Å². The van der Waals surface area contributed by atoms with Gasteiger partial charge in [0, 0.05) is 24.3 Å². The maximum atomic E-state index is 13.7. The van der Waals surface area contributed by atoms with Gasteiger partial charge in [-0.15, -0.1) is 0 Å². The van der Waals surface area contributed by atoms with Crippen LogP contribution in [0.1, 0.15) is 73.4 Å². The molecule has 1 saturated carbocycles. The minimum absolute atomic E-state index is 0.201. The Morgan fingerprint density at radius 3 is 2.41 bits per heavy atom. The molecule has 0 bridgehead atoms. The van der Waals surface area contributed by atoms with Gasteiger partial charge < -0.3 is 10.4 Å². The van der Waals surface area contributed by atoms with Gasteiger partial charge in [0.2, 0.25) is 0 Å². The van der Waals surface area contributed by atoms with E-state index in [-0.39, 0.29) is 18.2 Å². The summed E-state index contributed by atoms with van der Waals surface area (Å²) in [6, 6.07) is 10.4. The normalized spacial score (nSPS) is 19.1. The first-order chi connectivity index (χ1) is 17.5. The quantitative estimate of drug-likeness (QED) is 0.330. The molecule has 1 unspecified atom stereocenters. The highest BCUT2D eigenvalue weighted by molar-refractivity contribution is 6.35. The third kappa shape index (κ3) is 6.47. The van der Waals surface area contributed by atoms with E-state index in [1.807, 2.05) is 0 Å². The summed E-state index contributed by atoms with van der Waals surface area (Å²) < 4.78 is 29.0. The Balaban J connectivity index is 1.43. The van der Waals surface area contributed by atoms with Crippen molar-refractivity contribution in [3.05, 3.63) is 64.3 Å². The van der Waals surface area contributed by atoms with E-state index >= 15 is 0 Å². The van der Waals surface area contributed by atoms with Crippen LogP contribution in [0.15, 0.2) is 42.6 Å². The summed E-state index contributed by atoms with van der Waals surface area (Å²) in [4.78, 5) is 24.0. The zero-order chi connectivity index (χ0) is 26.7. The lowest BCUT2D eigenvalue weighted by molar-refractivity contribution is -0.138. The largest absolute Gasteiger partial charge is 0.481 e. The standard InChI is InChI=1S/C28H32ClF2N3O3/c1-17(28(2,30)31)21-9-7-20(8-10-21)16-34-26-23(15-33-34)22(11-12-24(26)29)27(37)32-14-19-5-3-18(4-6-19)13-25(35)36/h7-12,15,17-19H,3-6,13-14,16H2,1-2H3,(H,32,37)(H,35,36). The molecule has 1 aliphatic rings. The number of hydrogen-bond acceptors (Lipinski definition) is 3. The number of carboxylic acids is 1. The smallest absolute Gasteiger partial charge is 0.303 e. The second kappa shape index (κ2) is 11.2. The lowest BCUT2D eigenvalue weighted by Crippen LogP contribution is -2.31. The molecule has 1 heterocycles. The van der Waals surface area contributed by atoms with Crippen molar-refractivity contribution in [2.24, 2.45) is 11.8 Å². The average molecular weight is 532 g/mol. The van der Waals surface area contributed by atoms with Gasteiger partial charge >= 0.3 is 5.97 Å². The maximum absolute atomic E-state index is 13.7. The first-order valence-corrected chi connectivity index (χ1v) is 13.0. The van der Waals surface area contributed by atoms with E-state index in [1.54, 1.807) is 47.3 Å². The molecule has 3 aromatic rings. The van der Waals surface area contributed by atoms with E-state index in [0.29, 0.717) is 46.1 Å². The van der Waals surface area contributed by atoms with E-state index < -0.39 is 17.8 Å². The molecule has 6 nitrogen and oxygen atoms in total. The Morgan fingerprint density at radius 2 is 1.78 bits per heavy atom. The number of halogens is 3. The molecule has 1 amide bonds. The summed E-state index contributed by atoms with van der Waals surface area (Å²) in [5, 5.41) is 17.6. The van der Waals surface area contributed by atoms with Crippen molar-refractivity contribution >= 4 is 34.4 Å². The Morgan fingerprint density at radius 1 is 1.14 bits per heavy atom. The summed E-state index contributed by atoms with van der Waals surface area (Å²) in [5.41, 5.74) is 2.57. The number of nitrogens with one attached hydrogen (secondary N) is 1. The number of aliphatic carboxylic acids is 1. The molecule has 9 heteroatoms. The molecule has 0 spiro atoms. The number of fused-ring (bicyclic) bond motifs is 1. The van der Waals surface area contributed by atoms with Crippen molar-refractivity contribution < 1.29 is 23.5 Å². The second-order valence-electron chi connectivity index (χ2n) is 10.3. The molecule has 2 N–H and O–H groups in total. The first-order valence-electron chi connectivity index (χ1n) is 12.6. The lowest BCUT2D eigenvalue weighted by Gasteiger charge is -2.27. The van der Waals surface area contributed by atoms with Crippen LogP contribution < -0.4 is 5.32 Å². The molecule has 0 saturated heterocycles. The lowest BCUT2D eigenvalue weighted by atomic mass is 9.80. The number of aromatic nitrogens is 2. The summed E-state index contributed by atoms with van der Waals surface area (Å²) in [6.07, 6.45) is 5.38. The van der Waals surface area contributed by atoms with Crippen molar-refractivity contribution in [2.75, 3.05) is 6.54 Å². The van der Waals surface area contributed by atoms with Gasteiger partial charge in [0.05, 0.1) is 28.8 Å². The highest BCUT2D eigenvalue weighted by Crippen LogP contribution is 2.33. The van der Waals surface area contributed by atoms with E-state index in [2.05, 4.69) is 10.4 Å². The number of nitrogens with zero attached hydrogens (tertiary/aromatic N) is 2. The topological polar surface area (TPSA) is 84.2 Å². The number of amides is 1. The fourth-order valence-corrected chi connectivity index (χ4v) is 5.34. The Hall–Kier alpha value is -3.00. The molecule has 2 aromatic carbocycles. The molecule has 198 valence electrons. The van der Waals surface area contributed by atoms with Crippen LogP contribution in [0.2, 0.25) is 5.02 Å². The fourth-order valence-electron chi connectivity index (χ4n) is 5.07. The highest BCUT2D eigenvalue weighted by Gasteiger charge is 2.31. The highest BCUT2D eigenvalue weighted by atomic mass is 35.5. The summed E-state index contributed by atoms with van der Waals surface area (Å²) in [5.74, 6) is -4.09. The van der Waals surface area contributed by atoms with Gasteiger partial charge in [-0.25, -0.2) is 8.78 Å². The predicted octanol–water partition coefficient (Wildman–Crippen LogP) is 6.51. The van der Waals surface area contributed by atoms with Crippen molar-refractivity contribution in [1.29, 1.82) is 0 Å². The Bertz CT molecular complexity index is 1260. The number of carbonyl (C=O) groups excluding carboxylic acids is 1. The van der Waals surface area contributed by atoms with E-state index in [4.69, 9.17) is 16.7 Å². The number of rotatable bonds is 9. The number of alkyl halides is 2. The summed E-state index contributed by atoms with van der Waals surface area (Å²) in [7, 11) is 0. The van der Waals surface area contributed by atoms with Gasteiger partial charge in [0.1, 0.15) is 0 Å². The predicted molar refractivity (Wildman–Crippen MR) is 139 cm³/mol. The summed E-state index contributed by atoms with van der Waals surface area (Å²) >= 11 is 6.49. The molecule has 0 aliphatic heterocycles. The average Bonchev–Trinajstić information content (AvgIpc) is 3.27. The summed E-state index contributed by atoms with van der Waals surface area (Å²) in [6.45, 7) is 3.35. The molecular formula is C28H32ClF2N3O3. The minimum Gasteiger partial charge on any atom is -0.481 e. The molecule has 1 aromatic heterocycles. The number of carboxylic acid groups (broad SMARTS) is 1. The third-order valence-electron chi connectivity index (χ3n) is 7.55. The van der Waals surface area contributed by atoms with Crippen LogP contribution in [0, 0.1) is 11.8 Å². The van der Waals surface area contributed by atoms with Crippen molar-refractivity contribution in [1.82, 2.24) is 15.1 Å². The number of carbonyl (C=O) groups is 2. The second-order valence-corrected chi connectivity index (χ2v) is 10.7. The van der Waals surface area contributed by atoms with E-state index in [0.717, 1.165) is 38.2 Å². The molecule has 0 radical (unpaired) electrons. The fraction of sp³-hybridized carbons (Fsp3) is 0.464. The maximum Gasteiger partial charge on any atom is 0.303 e. The molecule has 1 atom stereocenters. The van der Waals surface area contributed by atoms with Crippen molar-refractivity contribution in [2.45, 2.75) is 64.3 Å². The van der Waals surface area contributed by atoms with Gasteiger partial charge in [-0.2, -0.15) is 5.10 Å². The van der Waals surface area contributed by atoms with Gasteiger partial charge in [-0.3, -0.25) is 14.3 Å². The van der Waals surface area contributed by atoms with Crippen LogP contribution in [0.25, 0.3) is 10.9 Å². The van der Waals surface area contributed by atoms with Crippen LogP contribution in [-0.2, 0) is 11.3 Å². The number of benzene rings is 2. The molecule has 1 aliphatic carbocycles. The van der Waals surface area contributed by atoms with Gasteiger partial charge in [-0.05, 0) is 67.7 Å². The molecule has 37 heavy (non-hydrogen) atoms. The SMILES string of the molecule is CC(c1ccc(Cn2ncc3c(C(=O)NCC4CCC(CC(=O)O)CC4)ccc(Cl)c32)cc1)C(C)(F)F. The molecule has 4 rings (SSSR count). The van der Waals surface area contributed by atoms with Crippen LogP contribution >= 0.6 is 11.6 Å². The minimum atomic E-state index is -2.80. The van der Waals surface area contributed by atoms with Gasteiger partial charge in [0.15, 0.2) is 0 Å². The van der Waals surface area contributed by atoms with Gasteiger partial charge in [-0.1, -0.05) is 42.8 Å². The monoisotopic (exact) mass is 531 g/mol. The van der Waals surface area contributed by atoms with Gasteiger partial charge in [0.25, 0.3) is 11.8 Å². The van der Waals surface area contributed by atoms with Crippen molar-refractivity contribution in [3.63, 3.8) is 0 Å². The zero-order valence-electron chi connectivity index (χ0n) is 21.0. The molecule has 1 fully saturated rings. The zero-order valence-corrected chi connectivity index (χ0v) is 21.8. The number of hydrogen-bond donors (Lipinski definition) is 2. The van der Waals surface area contributed by atoms with Crippen LogP contribution in [0.4, 0.5) is 8.78 Å². The van der Waals surface area contributed by atoms with Crippen molar-refractivity contribution in [3.8, 4) is 0 Å². The Kier molecular flexibility index (Phi) is 8.17. The van der Waals surface area contributed by atoms with E-state index in [9.17, 15) is 18.4 Å². The van der Waals surface area contributed by atoms with E-state index in [1.165, 1.54) is 6.92 Å². The first kappa shape index (κ1) is 27.0. The molecular weight excluding hydrogens is 500 g/mol. The van der Waals surface area contributed by atoms with Crippen LogP contribution in [0.5, 0.6) is 0 Å². The Labute approximate surface area is 220 Å². The third-order valence-corrected chi connectivity index (χ3v) is 7.86. The van der Waals surface area contributed by atoms with Crippen LogP contribution in [-0.4, -0.2) is 39.2 Å².